The summed E-state index contributed by atoms with van der Waals surface area (Å²) in [5.74, 6) is 5.54. The molecule has 1 amide bonds. The fraction of sp³-hybridized carbons (Fsp3) is 0.545. The maximum Gasteiger partial charge on any atom is 0.270 e. The Morgan fingerprint density at radius 2 is 2.13 bits per heavy atom. The predicted octanol–water partition coefficient (Wildman–Crippen LogP) is 1.26. The first-order chi connectivity index (χ1) is 7.27. The number of nitrogen functional groups attached to an aromatic ring is 1. The average Bonchev–Trinajstić information content (AvgIpc) is 2.66. The lowest BCUT2D eigenvalue weighted by Gasteiger charge is -2.22. The van der Waals surface area contributed by atoms with Gasteiger partial charge in [-0.3, -0.25) is 9.47 Å². The lowest BCUT2D eigenvalue weighted by Crippen LogP contribution is -2.37. The minimum atomic E-state index is -0.0607. The highest BCUT2D eigenvalue weighted by Gasteiger charge is 2.17. The Morgan fingerprint density at radius 3 is 2.73 bits per heavy atom. The molecule has 1 aliphatic rings. The van der Waals surface area contributed by atoms with E-state index in [1.54, 1.807) is 18.3 Å². The van der Waals surface area contributed by atoms with Crippen molar-refractivity contribution in [3.05, 3.63) is 24.0 Å². The van der Waals surface area contributed by atoms with Gasteiger partial charge in [0.15, 0.2) is 0 Å². The van der Waals surface area contributed by atoms with Crippen LogP contribution in [0.3, 0.4) is 0 Å². The molecule has 0 radical (unpaired) electrons. The van der Waals surface area contributed by atoms with Crippen LogP contribution in [0.15, 0.2) is 18.3 Å². The van der Waals surface area contributed by atoms with E-state index < -0.39 is 0 Å². The predicted molar refractivity (Wildman–Crippen MR) is 58.9 cm³/mol. The third-order valence-corrected chi connectivity index (χ3v) is 2.95. The van der Waals surface area contributed by atoms with Gasteiger partial charge in [-0.15, -0.1) is 0 Å². The van der Waals surface area contributed by atoms with Gasteiger partial charge in [0.2, 0.25) is 0 Å². The van der Waals surface area contributed by atoms with E-state index in [0.29, 0.717) is 11.7 Å². The number of nitrogens with two attached hydrogens (primary N) is 1. The van der Waals surface area contributed by atoms with Crippen LogP contribution >= 0.6 is 0 Å². The molecule has 1 saturated carbocycles. The average molecular weight is 207 g/mol. The van der Waals surface area contributed by atoms with Crippen LogP contribution in [0.4, 0.5) is 0 Å². The Kier molecular flexibility index (Phi) is 2.94. The molecule has 1 aromatic heterocycles. The van der Waals surface area contributed by atoms with Crippen LogP contribution in [0.2, 0.25) is 0 Å². The van der Waals surface area contributed by atoms with E-state index in [0.717, 1.165) is 12.8 Å². The Bertz CT molecular complexity index is 339. The second-order valence-electron chi connectivity index (χ2n) is 4.11. The zero-order valence-corrected chi connectivity index (χ0v) is 8.78. The lowest BCUT2D eigenvalue weighted by atomic mass is 9.95. The number of carbonyl (C=O) groups is 1. The van der Waals surface area contributed by atoms with Crippen LogP contribution < -0.4 is 11.2 Å². The lowest BCUT2D eigenvalue weighted by molar-refractivity contribution is 0.0920. The molecule has 4 nitrogen and oxygen atoms in total. The minimum Gasteiger partial charge on any atom is -0.348 e. The first kappa shape index (κ1) is 10.1. The van der Waals surface area contributed by atoms with E-state index >= 15 is 0 Å². The fourth-order valence-electron chi connectivity index (χ4n) is 2.09. The molecule has 0 saturated heterocycles. The summed E-state index contributed by atoms with van der Waals surface area (Å²) in [6, 6.07) is 3.84. The van der Waals surface area contributed by atoms with Crippen molar-refractivity contribution < 1.29 is 4.79 Å². The molecule has 0 aliphatic heterocycles. The third-order valence-electron chi connectivity index (χ3n) is 2.95. The fourth-order valence-corrected chi connectivity index (χ4v) is 2.09. The van der Waals surface area contributed by atoms with Crippen molar-refractivity contribution in [3.8, 4) is 0 Å². The molecule has 15 heavy (non-hydrogen) atoms. The largest absolute Gasteiger partial charge is 0.348 e. The maximum absolute atomic E-state index is 11.8. The number of hydrogen-bond acceptors (Lipinski definition) is 2. The van der Waals surface area contributed by atoms with Gasteiger partial charge in [0.1, 0.15) is 5.69 Å². The smallest absolute Gasteiger partial charge is 0.270 e. The van der Waals surface area contributed by atoms with Crippen molar-refractivity contribution in [2.75, 3.05) is 5.84 Å². The molecule has 2 rings (SSSR count). The topological polar surface area (TPSA) is 60.0 Å². The van der Waals surface area contributed by atoms with E-state index in [1.807, 2.05) is 0 Å². The maximum atomic E-state index is 11.8. The van der Waals surface area contributed by atoms with Gasteiger partial charge in [0.05, 0.1) is 0 Å². The second kappa shape index (κ2) is 4.38. The number of carbonyl (C=O) groups excluding carboxylic acids is 1. The van der Waals surface area contributed by atoms with Gasteiger partial charge in [-0.25, -0.2) is 0 Å². The van der Waals surface area contributed by atoms with Gasteiger partial charge < -0.3 is 11.2 Å². The van der Waals surface area contributed by atoms with Gasteiger partial charge in [-0.05, 0) is 25.0 Å². The number of hydrogen-bond donors (Lipinski definition) is 2. The quantitative estimate of drug-likeness (QED) is 0.717. The summed E-state index contributed by atoms with van der Waals surface area (Å²) >= 11 is 0. The van der Waals surface area contributed by atoms with Crippen LogP contribution in [0, 0.1) is 0 Å². The monoisotopic (exact) mass is 207 g/mol. The summed E-state index contributed by atoms with van der Waals surface area (Å²) in [6.07, 6.45) is 7.59. The zero-order chi connectivity index (χ0) is 10.7. The molecule has 0 atom stereocenters. The molecule has 0 bridgehead atoms. The molecule has 1 fully saturated rings. The number of nitrogens with one attached hydrogen (secondary N) is 1. The summed E-state index contributed by atoms with van der Waals surface area (Å²) in [7, 11) is 0. The number of rotatable bonds is 2. The van der Waals surface area contributed by atoms with Crippen molar-refractivity contribution in [2.45, 2.75) is 38.1 Å². The Balaban J connectivity index is 1.94. The van der Waals surface area contributed by atoms with E-state index in [1.165, 1.54) is 23.9 Å². The van der Waals surface area contributed by atoms with Crippen LogP contribution in [0.25, 0.3) is 0 Å². The van der Waals surface area contributed by atoms with Gasteiger partial charge >= 0.3 is 0 Å². The Hall–Kier alpha value is -1.45. The second-order valence-corrected chi connectivity index (χ2v) is 4.11. The zero-order valence-electron chi connectivity index (χ0n) is 8.78. The van der Waals surface area contributed by atoms with E-state index in [4.69, 9.17) is 5.84 Å². The summed E-state index contributed by atoms with van der Waals surface area (Å²) in [5.41, 5.74) is 0.528. The van der Waals surface area contributed by atoms with Crippen molar-refractivity contribution in [2.24, 2.45) is 0 Å². The molecule has 0 spiro atoms. The molecular formula is C11H17N3O. The normalized spacial score (nSPS) is 17.6. The van der Waals surface area contributed by atoms with Crippen molar-refractivity contribution in [1.82, 2.24) is 9.99 Å². The molecular weight excluding hydrogens is 190 g/mol. The van der Waals surface area contributed by atoms with Crippen LogP contribution in [-0.4, -0.2) is 16.6 Å². The van der Waals surface area contributed by atoms with Crippen LogP contribution in [0.1, 0.15) is 42.6 Å². The molecule has 1 aromatic rings. The Morgan fingerprint density at radius 1 is 1.40 bits per heavy atom. The minimum absolute atomic E-state index is 0.0607. The standard InChI is InChI=1S/C11H17N3O/c12-14-8-4-7-10(14)11(15)13-9-5-2-1-3-6-9/h4,7-9H,1-3,5-6,12H2,(H,13,15). The number of amides is 1. The van der Waals surface area contributed by atoms with Gasteiger partial charge in [-0.1, -0.05) is 19.3 Å². The first-order valence-electron chi connectivity index (χ1n) is 5.50. The van der Waals surface area contributed by atoms with Crippen LogP contribution in [-0.2, 0) is 0 Å². The molecule has 3 N–H and O–H groups in total. The van der Waals surface area contributed by atoms with E-state index in [9.17, 15) is 4.79 Å². The van der Waals surface area contributed by atoms with Crippen molar-refractivity contribution in [1.29, 1.82) is 0 Å². The number of nitrogens with zero attached hydrogens (tertiary/aromatic N) is 1. The highest BCUT2D eigenvalue weighted by Crippen LogP contribution is 2.17. The Labute approximate surface area is 89.4 Å². The first-order valence-corrected chi connectivity index (χ1v) is 5.50. The molecule has 0 aromatic carbocycles. The summed E-state index contributed by atoms with van der Waals surface area (Å²) in [5, 5.41) is 3.02. The van der Waals surface area contributed by atoms with Gasteiger partial charge in [0, 0.05) is 12.2 Å². The van der Waals surface area contributed by atoms with Crippen molar-refractivity contribution >= 4 is 5.91 Å². The summed E-state index contributed by atoms with van der Waals surface area (Å²) < 4.78 is 1.36. The summed E-state index contributed by atoms with van der Waals surface area (Å²) in [6.45, 7) is 0. The molecule has 1 aliphatic carbocycles. The van der Waals surface area contributed by atoms with Crippen molar-refractivity contribution in [3.63, 3.8) is 0 Å². The molecule has 1 heterocycles. The number of aromatic nitrogens is 1. The van der Waals surface area contributed by atoms with Crippen LogP contribution in [0.5, 0.6) is 0 Å². The van der Waals surface area contributed by atoms with Gasteiger partial charge in [0.25, 0.3) is 5.91 Å². The molecule has 82 valence electrons. The van der Waals surface area contributed by atoms with Gasteiger partial charge in [-0.2, -0.15) is 0 Å². The molecule has 0 unspecified atom stereocenters. The third kappa shape index (κ3) is 2.32. The summed E-state index contributed by atoms with van der Waals surface area (Å²) in [4.78, 5) is 11.8. The molecule has 4 heteroatoms. The van der Waals surface area contributed by atoms with E-state index in [2.05, 4.69) is 5.32 Å². The SMILES string of the molecule is Nn1cccc1C(=O)NC1CCCCC1. The highest BCUT2D eigenvalue weighted by molar-refractivity contribution is 5.92. The van der Waals surface area contributed by atoms with E-state index in [-0.39, 0.29) is 5.91 Å². The highest BCUT2D eigenvalue weighted by atomic mass is 16.2.